The summed E-state index contributed by atoms with van der Waals surface area (Å²) in [6.07, 6.45) is 3.30. The van der Waals surface area contributed by atoms with Gasteiger partial charge in [-0.3, -0.25) is 4.98 Å². The molecule has 94 valence electrons. The van der Waals surface area contributed by atoms with Crippen molar-refractivity contribution in [2.75, 3.05) is 12.8 Å². The second-order valence-corrected chi connectivity index (χ2v) is 4.30. The Morgan fingerprint density at radius 2 is 2.11 bits per heavy atom. The van der Waals surface area contributed by atoms with E-state index in [1.54, 1.807) is 31.6 Å². The maximum Gasteiger partial charge on any atom is 0.124 e. The smallest absolute Gasteiger partial charge is 0.124 e. The highest BCUT2D eigenvalue weighted by atomic mass is 35.5. The normalized spacial score (nSPS) is 12.4. The Bertz CT molecular complexity index is 560. The van der Waals surface area contributed by atoms with Crippen molar-refractivity contribution in [3.63, 3.8) is 0 Å². The highest BCUT2D eigenvalue weighted by molar-refractivity contribution is 6.31. The third-order valence-corrected chi connectivity index (χ3v) is 3.09. The van der Waals surface area contributed by atoms with Gasteiger partial charge in [-0.25, -0.2) is 4.39 Å². The Hall–Kier alpha value is -1.65. The predicted molar refractivity (Wildman–Crippen MR) is 71.0 cm³/mol. The van der Waals surface area contributed by atoms with Gasteiger partial charge in [0.05, 0.1) is 6.04 Å². The van der Waals surface area contributed by atoms with Crippen LogP contribution in [0.4, 0.5) is 10.1 Å². The van der Waals surface area contributed by atoms with Gasteiger partial charge in [0.1, 0.15) is 5.82 Å². The molecule has 1 heterocycles. The van der Waals surface area contributed by atoms with Gasteiger partial charge in [-0.1, -0.05) is 17.7 Å². The number of nitrogens with one attached hydrogen (secondary N) is 1. The van der Waals surface area contributed by atoms with Crippen molar-refractivity contribution >= 4 is 17.3 Å². The summed E-state index contributed by atoms with van der Waals surface area (Å²) < 4.78 is 13.1. The molecule has 2 rings (SSSR count). The van der Waals surface area contributed by atoms with Crippen LogP contribution < -0.4 is 11.1 Å². The van der Waals surface area contributed by atoms with Crippen molar-refractivity contribution in [1.82, 2.24) is 10.3 Å². The van der Waals surface area contributed by atoms with Gasteiger partial charge in [0.15, 0.2) is 0 Å². The van der Waals surface area contributed by atoms with E-state index in [1.165, 1.54) is 12.1 Å². The molecule has 0 fully saturated rings. The zero-order valence-electron chi connectivity index (χ0n) is 9.82. The number of nitrogen functional groups attached to an aromatic ring is 1. The van der Waals surface area contributed by atoms with Gasteiger partial charge in [0.25, 0.3) is 0 Å². The molecule has 0 aliphatic heterocycles. The number of nitrogens with two attached hydrogens (primary N) is 1. The SMILES string of the molecule is CNC(c1cnccc1N)c1ccc(F)cc1Cl. The van der Waals surface area contributed by atoms with E-state index in [0.29, 0.717) is 10.7 Å². The van der Waals surface area contributed by atoms with Crippen molar-refractivity contribution in [3.8, 4) is 0 Å². The highest BCUT2D eigenvalue weighted by Gasteiger charge is 2.17. The van der Waals surface area contributed by atoms with Gasteiger partial charge in [-0.05, 0) is 30.8 Å². The van der Waals surface area contributed by atoms with E-state index in [0.717, 1.165) is 11.1 Å². The lowest BCUT2D eigenvalue weighted by atomic mass is 9.99. The number of pyridine rings is 1. The number of rotatable bonds is 3. The summed E-state index contributed by atoms with van der Waals surface area (Å²) in [5, 5.41) is 3.47. The average Bonchev–Trinajstić information content (AvgIpc) is 2.34. The minimum atomic E-state index is -0.363. The minimum absolute atomic E-state index is 0.216. The summed E-state index contributed by atoms with van der Waals surface area (Å²) in [6, 6.07) is 5.81. The Morgan fingerprint density at radius 1 is 1.33 bits per heavy atom. The lowest BCUT2D eigenvalue weighted by Gasteiger charge is -2.19. The summed E-state index contributed by atoms with van der Waals surface area (Å²) in [4.78, 5) is 4.05. The Balaban J connectivity index is 2.49. The largest absolute Gasteiger partial charge is 0.398 e. The molecule has 5 heteroatoms. The number of hydrogen-bond donors (Lipinski definition) is 2. The molecule has 1 unspecified atom stereocenters. The van der Waals surface area contributed by atoms with E-state index < -0.39 is 0 Å². The van der Waals surface area contributed by atoms with Gasteiger partial charge >= 0.3 is 0 Å². The summed E-state index contributed by atoms with van der Waals surface area (Å²) in [5.41, 5.74) is 8.11. The first-order valence-corrected chi connectivity index (χ1v) is 5.83. The van der Waals surface area contributed by atoms with Crippen LogP contribution in [0.2, 0.25) is 5.02 Å². The van der Waals surface area contributed by atoms with E-state index in [1.807, 2.05) is 0 Å². The first kappa shape index (κ1) is 12.8. The topological polar surface area (TPSA) is 50.9 Å². The van der Waals surface area contributed by atoms with Crippen LogP contribution in [0.1, 0.15) is 17.2 Å². The zero-order chi connectivity index (χ0) is 13.1. The van der Waals surface area contributed by atoms with Crippen LogP contribution in [0.5, 0.6) is 0 Å². The van der Waals surface area contributed by atoms with E-state index in [-0.39, 0.29) is 11.9 Å². The monoisotopic (exact) mass is 265 g/mol. The molecule has 0 bridgehead atoms. The molecule has 3 nitrogen and oxygen atoms in total. The molecule has 1 aromatic carbocycles. The molecule has 18 heavy (non-hydrogen) atoms. The van der Waals surface area contributed by atoms with Crippen molar-refractivity contribution in [1.29, 1.82) is 0 Å². The van der Waals surface area contributed by atoms with Gasteiger partial charge in [0, 0.05) is 28.7 Å². The number of hydrogen-bond acceptors (Lipinski definition) is 3. The fourth-order valence-electron chi connectivity index (χ4n) is 1.87. The fourth-order valence-corrected chi connectivity index (χ4v) is 2.15. The zero-order valence-corrected chi connectivity index (χ0v) is 10.6. The van der Waals surface area contributed by atoms with Crippen LogP contribution in [0.3, 0.4) is 0 Å². The molecule has 0 aliphatic carbocycles. The first-order valence-electron chi connectivity index (χ1n) is 5.45. The Labute approximate surface area is 110 Å². The maximum absolute atomic E-state index is 13.1. The summed E-state index contributed by atoms with van der Waals surface area (Å²) in [7, 11) is 1.79. The van der Waals surface area contributed by atoms with Crippen molar-refractivity contribution < 1.29 is 4.39 Å². The third-order valence-electron chi connectivity index (χ3n) is 2.76. The third kappa shape index (κ3) is 2.44. The van der Waals surface area contributed by atoms with E-state index >= 15 is 0 Å². The second kappa shape index (κ2) is 5.33. The summed E-state index contributed by atoms with van der Waals surface area (Å²) in [6.45, 7) is 0. The van der Waals surface area contributed by atoms with Crippen LogP contribution >= 0.6 is 11.6 Å². The number of halogens is 2. The lowest BCUT2D eigenvalue weighted by molar-refractivity contribution is 0.623. The molecular weight excluding hydrogens is 253 g/mol. The summed E-state index contributed by atoms with van der Waals surface area (Å²) in [5.74, 6) is -0.363. The van der Waals surface area contributed by atoms with Gasteiger partial charge in [-0.2, -0.15) is 0 Å². The first-order chi connectivity index (χ1) is 8.63. The van der Waals surface area contributed by atoms with Crippen LogP contribution in [0.25, 0.3) is 0 Å². The van der Waals surface area contributed by atoms with Crippen LogP contribution in [0.15, 0.2) is 36.7 Å². The van der Waals surface area contributed by atoms with Crippen LogP contribution in [-0.2, 0) is 0 Å². The summed E-state index contributed by atoms with van der Waals surface area (Å²) >= 11 is 6.06. The Kier molecular flexibility index (Phi) is 3.79. The molecule has 0 radical (unpaired) electrons. The van der Waals surface area contributed by atoms with Gasteiger partial charge < -0.3 is 11.1 Å². The molecule has 3 N–H and O–H groups in total. The molecule has 0 amide bonds. The Morgan fingerprint density at radius 3 is 2.72 bits per heavy atom. The number of nitrogens with zero attached hydrogens (tertiary/aromatic N) is 1. The predicted octanol–water partition coefficient (Wildman–Crippen LogP) is 2.77. The van der Waals surface area contributed by atoms with Crippen LogP contribution in [-0.4, -0.2) is 12.0 Å². The average molecular weight is 266 g/mol. The standard InChI is InChI=1S/C13H13ClFN3/c1-17-13(10-7-18-5-4-12(10)16)9-3-2-8(15)6-11(9)14/h2-7,13,17H,1H3,(H2,16,18). The molecule has 0 spiro atoms. The van der Waals surface area contributed by atoms with E-state index in [2.05, 4.69) is 10.3 Å². The molecule has 0 saturated heterocycles. The van der Waals surface area contributed by atoms with E-state index in [9.17, 15) is 4.39 Å². The number of aromatic nitrogens is 1. The second-order valence-electron chi connectivity index (χ2n) is 3.89. The fraction of sp³-hybridized carbons (Fsp3) is 0.154. The van der Waals surface area contributed by atoms with Gasteiger partial charge in [0.2, 0.25) is 0 Å². The molecule has 1 aromatic heterocycles. The van der Waals surface area contributed by atoms with E-state index in [4.69, 9.17) is 17.3 Å². The van der Waals surface area contributed by atoms with Gasteiger partial charge in [-0.15, -0.1) is 0 Å². The van der Waals surface area contributed by atoms with Crippen molar-refractivity contribution in [3.05, 3.63) is 58.6 Å². The number of anilines is 1. The molecule has 2 aromatic rings. The van der Waals surface area contributed by atoms with Crippen molar-refractivity contribution in [2.24, 2.45) is 0 Å². The highest BCUT2D eigenvalue weighted by Crippen LogP contribution is 2.30. The molecule has 1 atom stereocenters. The van der Waals surface area contributed by atoms with Crippen molar-refractivity contribution in [2.45, 2.75) is 6.04 Å². The molecule has 0 aliphatic rings. The quantitative estimate of drug-likeness (QED) is 0.897. The lowest BCUT2D eigenvalue weighted by Crippen LogP contribution is -2.19. The number of benzene rings is 1. The maximum atomic E-state index is 13.1. The van der Waals surface area contributed by atoms with Crippen LogP contribution in [0, 0.1) is 5.82 Å². The molecule has 0 saturated carbocycles. The molecular formula is C13H13ClFN3. The minimum Gasteiger partial charge on any atom is -0.398 e.